The van der Waals surface area contributed by atoms with Gasteiger partial charge in [0.05, 0.1) is 6.04 Å². The van der Waals surface area contributed by atoms with Crippen LogP contribution in [0, 0.1) is 22.7 Å². The van der Waals surface area contributed by atoms with E-state index in [1.807, 2.05) is 34.6 Å². The molecule has 4 unspecified atom stereocenters. The van der Waals surface area contributed by atoms with E-state index in [9.17, 15) is 24.0 Å². The summed E-state index contributed by atoms with van der Waals surface area (Å²) in [5.41, 5.74) is 3.60. The number of allylic oxidation sites excluding steroid dienone is 1. The van der Waals surface area contributed by atoms with Crippen molar-refractivity contribution in [1.82, 2.24) is 15.5 Å². The lowest BCUT2D eigenvalue weighted by atomic mass is 9.85. The quantitative estimate of drug-likeness (QED) is 0.321. The van der Waals surface area contributed by atoms with Gasteiger partial charge in [0.25, 0.3) is 5.91 Å². The number of likely N-dealkylation sites (tertiary alicyclic amines) is 1. The Morgan fingerprint density at radius 3 is 2.17 bits per heavy atom. The van der Waals surface area contributed by atoms with Crippen molar-refractivity contribution in [2.24, 2.45) is 28.4 Å². The molecule has 2 rings (SSSR count). The highest BCUT2D eigenvalue weighted by Crippen LogP contribution is 2.65. The van der Waals surface area contributed by atoms with Crippen LogP contribution in [0.1, 0.15) is 68.2 Å². The van der Waals surface area contributed by atoms with Crippen LogP contribution in [0.5, 0.6) is 0 Å². The van der Waals surface area contributed by atoms with E-state index in [1.165, 1.54) is 4.90 Å². The number of carbonyl (C=O) groups excluding carboxylic acids is 5. The van der Waals surface area contributed by atoms with Gasteiger partial charge in [-0.25, -0.2) is 4.79 Å². The Bertz CT molecular complexity index is 930. The van der Waals surface area contributed by atoms with Gasteiger partial charge in [-0.2, -0.15) is 0 Å². The largest absolute Gasteiger partial charge is 0.444 e. The van der Waals surface area contributed by atoms with Crippen LogP contribution in [-0.4, -0.2) is 64.8 Å². The third-order valence-electron chi connectivity index (χ3n) is 7.07. The predicted molar refractivity (Wildman–Crippen MR) is 134 cm³/mol. The number of alkyl carbamates (subject to hydrolysis) is 1. The molecule has 2 fully saturated rings. The molecule has 2 aliphatic rings. The number of nitrogens with two attached hydrogens (primary N) is 1. The Balaban J connectivity index is 2.32. The zero-order chi connectivity index (χ0) is 27.8. The predicted octanol–water partition coefficient (Wildman–Crippen LogP) is 1.91. The Labute approximate surface area is 213 Å². The molecule has 10 nitrogen and oxygen atoms in total. The number of ketones is 1. The monoisotopic (exact) mass is 506 g/mol. The van der Waals surface area contributed by atoms with E-state index < -0.39 is 58.7 Å². The molecule has 0 radical (unpaired) electrons. The number of primary amides is 1. The average molecular weight is 507 g/mol. The topological polar surface area (TPSA) is 148 Å². The van der Waals surface area contributed by atoms with Crippen molar-refractivity contribution in [2.75, 3.05) is 6.54 Å². The SMILES string of the molecule is C=CCCC(NC(=O)[C@@H]1C2C(CN1C(=O)C(NC(=O)OC(C)(C)C)C(C)(C)C)C2(C)C)C(=O)C(N)=O. The van der Waals surface area contributed by atoms with Gasteiger partial charge in [0, 0.05) is 6.54 Å². The second kappa shape index (κ2) is 10.2. The molecule has 0 aromatic carbocycles. The summed E-state index contributed by atoms with van der Waals surface area (Å²) in [6.07, 6.45) is 1.41. The molecular formula is C26H42N4O6. The van der Waals surface area contributed by atoms with Crippen molar-refractivity contribution in [1.29, 1.82) is 0 Å². The molecule has 10 heteroatoms. The van der Waals surface area contributed by atoms with E-state index in [1.54, 1.807) is 26.8 Å². The number of nitrogens with zero attached hydrogens (tertiary/aromatic N) is 1. The van der Waals surface area contributed by atoms with Gasteiger partial charge in [-0.3, -0.25) is 19.2 Å². The fourth-order valence-corrected chi connectivity index (χ4v) is 5.04. The number of amides is 4. The molecular weight excluding hydrogens is 464 g/mol. The van der Waals surface area contributed by atoms with Crippen molar-refractivity contribution < 1.29 is 28.7 Å². The van der Waals surface area contributed by atoms with Crippen LogP contribution in [0.15, 0.2) is 12.7 Å². The molecule has 4 N–H and O–H groups in total. The Morgan fingerprint density at radius 2 is 1.69 bits per heavy atom. The normalized spacial score (nSPS) is 24.1. The zero-order valence-electron chi connectivity index (χ0n) is 22.8. The fourth-order valence-electron chi connectivity index (χ4n) is 5.04. The third-order valence-corrected chi connectivity index (χ3v) is 7.07. The first kappa shape index (κ1) is 29.3. The first-order valence-corrected chi connectivity index (χ1v) is 12.4. The van der Waals surface area contributed by atoms with Crippen molar-refractivity contribution >= 4 is 29.6 Å². The van der Waals surface area contributed by atoms with Gasteiger partial charge in [-0.1, -0.05) is 40.7 Å². The molecule has 0 bridgehead atoms. The van der Waals surface area contributed by atoms with Gasteiger partial charge in [-0.05, 0) is 56.3 Å². The lowest BCUT2D eigenvalue weighted by molar-refractivity contribution is -0.145. The molecule has 4 amide bonds. The number of fused-ring (bicyclic) bond motifs is 1. The molecule has 0 aromatic rings. The van der Waals surface area contributed by atoms with Crippen LogP contribution >= 0.6 is 0 Å². The fraction of sp³-hybridized carbons (Fsp3) is 0.731. The highest BCUT2D eigenvalue weighted by Gasteiger charge is 2.69. The lowest BCUT2D eigenvalue weighted by Crippen LogP contribution is -2.60. The summed E-state index contributed by atoms with van der Waals surface area (Å²) in [5.74, 6) is -2.98. The Kier molecular flexibility index (Phi) is 8.32. The van der Waals surface area contributed by atoms with Gasteiger partial charge >= 0.3 is 6.09 Å². The average Bonchev–Trinajstić information content (AvgIpc) is 3.07. The van der Waals surface area contributed by atoms with Crippen LogP contribution < -0.4 is 16.4 Å². The number of piperidine rings is 1. The molecule has 1 saturated carbocycles. The van der Waals surface area contributed by atoms with E-state index in [2.05, 4.69) is 17.2 Å². The Morgan fingerprint density at radius 1 is 1.11 bits per heavy atom. The van der Waals surface area contributed by atoms with E-state index in [0.717, 1.165) is 0 Å². The first-order valence-electron chi connectivity index (χ1n) is 12.4. The minimum absolute atomic E-state index is 0.0952. The number of carbonyl (C=O) groups is 5. The summed E-state index contributed by atoms with van der Waals surface area (Å²) in [4.78, 5) is 65.2. The van der Waals surface area contributed by atoms with Crippen LogP contribution in [0.3, 0.4) is 0 Å². The molecule has 0 spiro atoms. The summed E-state index contributed by atoms with van der Waals surface area (Å²) < 4.78 is 5.36. The van der Waals surface area contributed by atoms with E-state index >= 15 is 0 Å². The van der Waals surface area contributed by atoms with E-state index in [-0.39, 0.29) is 23.7 Å². The maximum absolute atomic E-state index is 13.8. The van der Waals surface area contributed by atoms with Gasteiger partial charge < -0.3 is 26.0 Å². The molecule has 5 atom stereocenters. The minimum Gasteiger partial charge on any atom is -0.444 e. The summed E-state index contributed by atoms with van der Waals surface area (Å²) in [7, 11) is 0. The Hall–Kier alpha value is -2.91. The summed E-state index contributed by atoms with van der Waals surface area (Å²) >= 11 is 0. The summed E-state index contributed by atoms with van der Waals surface area (Å²) in [5, 5.41) is 5.35. The molecule has 1 saturated heterocycles. The molecule has 0 aromatic heterocycles. The summed E-state index contributed by atoms with van der Waals surface area (Å²) in [6, 6.07) is -2.91. The number of ether oxygens (including phenoxy) is 1. The highest BCUT2D eigenvalue weighted by molar-refractivity contribution is 6.37. The smallest absolute Gasteiger partial charge is 0.408 e. The molecule has 36 heavy (non-hydrogen) atoms. The van der Waals surface area contributed by atoms with Gasteiger partial charge in [0.2, 0.25) is 17.6 Å². The van der Waals surface area contributed by atoms with Crippen LogP contribution in [0.25, 0.3) is 0 Å². The number of rotatable bonds is 9. The van der Waals surface area contributed by atoms with Gasteiger partial charge in [0.15, 0.2) is 0 Å². The number of nitrogens with one attached hydrogen (secondary N) is 2. The van der Waals surface area contributed by atoms with Crippen molar-refractivity contribution in [3.05, 3.63) is 12.7 Å². The lowest BCUT2D eigenvalue weighted by Gasteiger charge is -2.38. The molecule has 1 heterocycles. The molecule has 1 aliphatic heterocycles. The van der Waals surface area contributed by atoms with E-state index in [4.69, 9.17) is 10.5 Å². The zero-order valence-corrected chi connectivity index (χ0v) is 22.8. The van der Waals surface area contributed by atoms with Gasteiger partial charge in [-0.15, -0.1) is 6.58 Å². The third kappa shape index (κ3) is 6.44. The second-order valence-corrected chi connectivity index (χ2v) is 12.5. The van der Waals surface area contributed by atoms with Crippen LogP contribution in [-0.2, 0) is 23.9 Å². The number of Topliss-reactive ketones (excluding diaryl/α,β-unsaturated/α-hetero) is 1. The van der Waals surface area contributed by atoms with Crippen LogP contribution in [0.4, 0.5) is 4.79 Å². The van der Waals surface area contributed by atoms with Gasteiger partial charge in [0.1, 0.15) is 17.7 Å². The number of hydrogen-bond acceptors (Lipinski definition) is 6. The first-order chi connectivity index (χ1) is 16.3. The highest BCUT2D eigenvalue weighted by atomic mass is 16.6. The minimum atomic E-state index is -1.14. The maximum Gasteiger partial charge on any atom is 0.408 e. The standard InChI is InChI=1S/C26H42N4O6/c1-10-11-12-15(18(31)20(27)32)28-21(33)17-16-14(26(16,8)9)13-30(17)22(34)19(24(2,3)4)29-23(35)36-25(5,6)7/h10,14-17,19H,1,11-13H2,2-9H3,(H2,27,32)(H,28,33)(H,29,35)/t14?,15?,16?,17-,19?/m0/s1. The van der Waals surface area contributed by atoms with Crippen molar-refractivity contribution in [3.63, 3.8) is 0 Å². The maximum atomic E-state index is 13.8. The number of hydrogen-bond donors (Lipinski definition) is 3. The summed E-state index contributed by atoms with van der Waals surface area (Å²) in [6.45, 7) is 18.7. The second-order valence-electron chi connectivity index (χ2n) is 12.5. The van der Waals surface area contributed by atoms with Crippen molar-refractivity contribution in [3.8, 4) is 0 Å². The van der Waals surface area contributed by atoms with E-state index in [0.29, 0.717) is 13.0 Å². The van der Waals surface area contributed by atoms with Crippen LogP contribution in [0.2, 0.25) is 0 Å². The molecule has 202 valence electrons. The van der Waals surface area contributed by atoms with Crippen molar-refractivity contribution in [2.45, 2.75) is 92.0 Å². The molecule has 1 aliphatic carbocycles.